The van der Waals surface area contributed by atoms with Crippen LogP contribution in [0, 0.1) is 22.9 Å². The summed E-state index contributed by atoms with van der Waals surface area (Å²) in [6.45, 7) is 2.82. The summed E-state index contributed by atoms with van der Waals surface area (Å²) >= 11 is 0. The number of carbonyl (C=O) groups excluding carboxylic acids is 2. The highest BCUT2D eigenvalue weighted by Gasteiger charge is 2.24. The average molecular weight is 331 g/mol. The molecule has 0 bridgehead atoms. The molecule has 0 heterocycles. The van der Waals surface area contributed by atoms with E-state index in [1.54, 1.807) is 0 Å². The number of nitrogens with zero attached hydrogens (tertiary/aromatic N) is 1. The molecule has 0 aromatic heterocycles. The predicted molar refractivity (Wildman–Crippen MR) is 83.4 cm³/mol. The standard InChI is InChI=1S/C17H14FNO5/c1-10-14(4-3-5-15(10)19(22)23)17(21)24-11(2)16(20)12-6-8-13(18)9-7-12/h3-9,11H,1-2H3. The fourth-order valence-electron chi connectivity index (χ4n) is 2.17. The number of hydrogen-bond donors (Lipinski definition) is 0. The number of hydrogen-bond acceptors (Lipinski definition) is 5. The SMILES string of the molecule is Cc1c(C(=O)OC(C)C(=O)c2ccc(F)cc2)cccc1[N+](=O)[O-]. The Balaban J connectivity index is 2.17. The third-order valence-corrected chi connectivity index (χ3v) is 3.50. The normalized spacial score (nSPS) is 11.6. The van der Waals surface area contributed by atoms with Crippen LogP contribution in [-0.2, 0) is 4.74 Å². The van der Waals surface area contributed by atoms with Crippen LogP contribution >= 0.6 is 0 Å². The second-order valence-electron chi connectivity index (χ2n) is 5.13. The Morgan fingerprint density at radius 3 is 2.38 bits per heavy atom. The van der Waals surface area contributed by atoms with E-state index in [9.17, 15) is 24.1 Å². The second-order valence-corrected chi connectivity index (χ2v) is 5.13. The number of nitro benzene ring substituents is 1. The van der Waals surface area contributed by atoms with E-state index >= 15 is 0 Å². The maximum absolute atomic E-state index is 12.9. The van der Waals surface area contributed by atoms with E-state index < -0.39 is 28.6 Å². The van der Waals surface area contributed by atoms with E-state index in [1.165, 1.54) is 44.2 Å². The van der Waals surface area contributed by atoms with Gasteiger partial charge in [-0.3, -0.25) is 14.9 Å². The molecular formula is C17H14FNO5. The molecule has 1 atom stereocenters. The minimum Gasteiger partial charge on any atom is -0.451 e. The number of halogens is 1. The van der Waals surface area contributed by atoms with Gasteiger partial charge in [0.15, 0.2) is 6.10 Å². The zero-order valence-corrected chi connectivity index (χ0v) is 13.0. The molecule has 124 valence electrons. The van der Waals surface area contributed by atoms with E-state index in [-0.39, 0.29) is 22.4 Å². The maximum Gasteiger partial charge on any atom is 0.339 e. The lowest BCUT2D eigenvalue weighted by Gasteiger charge is -2.13. The minimum absolute atomic E-state index is 0.0166. The van der Waals surface area contributed by atoms with E-state index in [4.69, 9.17) is 4.74 Å². The van der Waals surface area contributed by atoms with Crippen LogP contribution in [0.4, 0.5) is 10.1 Å². The molecule has 0 aliphatic carbocycles. The lowest BCUT2D eigenvalue weighted by atomic mass is 10.1. The number of ketones is 1. The first-order valence-electron chi connectivity index (χ1n) is 7.06. The summed E-state index contributed by atoms with van der Waals surface area (Å²) in [7, 11) is 0. The van der Waals surface area contributed by atoms with Crippen LogP contribution in [-0.4, -0.2) is 22.8 Å². The first kappa shape index (κ1) is 17.3. The molecule has 0 aliphatic rings. The van der Waals surface area contributed by atoms with Crippen molar-refractivity contribution in [1.29, 1.82) is 0 Å². The molecular weight excluding hydrogens is 317 g/mol. The Kier molecular flexibility index (Phi) is 5.03. The average Bonchev–Trinajstić information content (AvgIpc) is 2.54. The Morgan fingerprint density at radius 2 is 1.79 bits per heavy atom. The lowest BCUT2D eigenvalue weighted by Crippen LogP contribution is -2.25. The van der Waals surface area contributed by atoms with Crippen molar-refractivity contribution in [2.45, 2.75) is 20.0 Å². The van der Waals surface area contributed by atoms with Gasteiger partial charge < -0.3 is 4.74 Å². The highest BCUT2D eigenvalue weighted by Crippen LogP contribution is 2.22. The molecule has 2 aromatic rings. The van der Waals surface area contributed by atoms with Crippen LogP contribution in [0.3, 0.4) is 0 Å². The van der Waals surface area contributed by atoms with Crippen LogP contribution in [0.2, 0.25) is 0 Å². The van der Waals surface area contributed by atoms with Gasteiger partial charge in [-0.05, 0) is 44.2 Å². The predicted octanol–water partition coefficient (Wildman–Crippen LogP) is 3.47. The summed E-state index contributed by atoms with van der Waals surface area (Å²) in [5.41, 5.74) is 0.173. The number of rotatable bonds is 5. The van der Waals surface area contributed by atoms with E-state index in [0.717, 1.165) is 12.1 Å². The number of Topliss-reactive ketones (excluding diaryl/α,β-unsaturated/α-hetero) is 1. The van der Waals surface area contributed by atoms with Gasteiger partial charge in [-0.15, -0.1) is 0 Å². The molecule has 0 radical (unpaired) electrons. The Morgan fingerprint density at radius 1 is 1.17 bits per heavy atom. The lowest BCUT2D eigenvalue weighted by molar-refractivity contribution is -0.385. The molecule has 0 amide bonds. The van der Waals surface area contributed by atoms with Crippen LogP contribution in [0.1, 0.15) is 33.2 Å². The van der Waals surface area contributed by atoms with E-state index in [2.05, 4.69) is 0 Å². The molecule has 1 unspecified atom stereocenters. The van der Waals surface area contributed by atoms with E-state index in [0.29, 0.717) is 0 Å². The van der Waals surface area contributed by atoms with Gasteiger partial charge >= 0.3 is 5.97 Å². The number of nitro groups is 1. The topological polar surface area (TPSA) is 86.5 Å². The Hall–Kier alpha value is -3.09. The molecule has 0 aliphatic heterocycles. The van der Waals surface area contributed by atoms with Crippen LogP contribution in [0.5, 0.6) is 0 Å². The monoisotopic (exact) mass is 331 g/mol. The van der Waals surface area contributed by atoms with Crippen molar-refractivity contribution in [1.82, 2.24) is 0 Å². The Labute approximate surface area is 137 Å². The van der Waals surface area contributed by atoms with E-state index in [1.807, 2.05) is 0 Å². The maximum atomic E-state index is 12.9. The van der Waals surface area contributed by atoms with Gasteiger partial charge in [0, 0.05) is 17.2 Å². The fourth-order valence-corrected chi connectivity index (χ4v) is 2.17. The molecule has 0 fully saturated rings. The third kappa shape index (κ3) is 3.62. The zero-order chi connectivity index (χ0) is 17.9. The van der Waals surface area contributed by atoms with Gasteiger partial charge in [0.05, 0.1) is 10.5 Å². The van der Waals surface area contributed by atoms with Crippen molar-refractivity contribution >= 4 is 17.4 Å². The Bertz CT molecular complexity index is 801. The quantitative estimate of drug-likeness (QED) is 0.362. The van der Waals surface area contributed by atoms with Crippen molar-refractivity contribution in [3.8, 4) is 0 Å². The van der Waals surface area contributed by atoms with Crippen molar-refractivity contribution in [3.05, 3.63) is 75.1 Å². The highest BCUT2D eigenvalue weighted by atomic mass is 19.1. The molecule has 0 N–H and O–H groups in total. The summed E-state index contributed by atoms with van der Waals surface area (Å²) in [6.07, 6.45) is -1.11. The van der Waals surface area contributed by atoms with Crippen LogP contribution < -0.4 is 0 Å². The molecule has 7 heteroatoms. The second kappa shape index (κ2) is 6.99. The van der Waals surface area contributed by atoms with Crippen molar-refractivity contribution in [2.24, 2.45) is 0 Å². The van der Waals surface area contributed by atoms with Crippen LogP contribution in [0.15, 0.2) is 42.5 Å². The van der Waals surface area contributed by atoms with Gasteiger partial charge in [-0.25, -0.2) is 9.18 Å². The van der Waals surface area contributed by atoms with Gasteiger partial charge in [0.2, 0.25) is 5.78 Å². The smallest absolute Gasteiger partial charge is 0.339 e. The summed E-state index contributed by atoms with van der Waals surface area (Å²) < 4.78 is 18.0. The molecule has 0 saturated heterocycles. The number of ether oxygens (including phenoxy) is 1. The van der Waals surface area contributed by atoms with Crippen LogP contribution in [0.25, 0.3) is 0 Å². The minimum atomic E-state index is -1.11. The largest absolute Gasteiger partial charge is 0.451 e. The highest BCUT2D eigenvalue weighted by molar-refractivity contribution is 6.01. The molecule has 0 saturated carbocycles. The summed E-state index contributed by atoms with van der Waals surface area (Å²) in [4.78, 5) is 34.7. The molecule has 2 aromatic carbocycles. The van der Waals surface area contributed by atoms with Gasteiger partial charge in [0.1, 0.15) is 5.82 Å². The molecule has 24 heavy (non-hydrogen) atoms. The third-order valence-electron chi connectivity index (χ3n) is 3.50. The van der Waals surface area contributed by atoms with Gasteiger partial charge in [-0.1, -0.05) is 6.07 Å². The van der Waals surface area contributed by atoms with Gasteiger partial charge in [0.25, 0.3) is 5.69 Å². The number of carbonyl (C=O) groups is 2. The van der Waals surface area contributed by atoms with Crippen molar-refractivity contribution in [3.63, 3.8) is 0 Å². The summed E-state index contributed by atoms with van der Waals surface area (Å²) in [5.74, 6) is -1.81. The summed E-state index contributed by atoms with van der Waals surface area (Å²) in [6, 6.07) is 8.88. The number of esters is 1. The molecule has 0 spiro atoms. The first-order valence-corrected chi connectivity index (χ1v) is 7.06. The summed E-state index contributed by atoms with van der Waals surface area (Å²) in [5, 5.41) is 10.9. The van der Waals surface area contributed by atoms with Crippen molar-refractivity contribution < 1.29 is 23.6 Å². The fraction of sp³-hybridized carbons (Fsp3) is 0.176. The molecule has 6 nitrogen and oxygen atoms in total. The zero-order valence-electron chi connectivity index (χ0n) is 13.0. The molecule has 2 rings (SSSR count). The van der Waals surface area contributed by atoms with Gasteiger partial charge in [-0.2, -0.15) is 0 Å². The number of benzene rings is 2. The van der Waals surface area contributed by atoms with Crippen molar-refractivity contribution in [2.75, 3.05) is 0 Å². The first-order chi connectivity index (χ1) is 11.3.